The smallest absolute Gasteiger partial charge is 0.407 e. The Bertz CT molecular complexity index is 286. The number of nitrogens with one attached hydrogen (secondary N) is 1. The standard InChI is InChI=1S/C11H19NO4/c1-11(2,3)16-10(14)12-6-4-5-7(13)9-8(6)15-9/h6-9,13H,4-5H2,1-3H3,(H,12,14)/t6-,7+,8+,9-/m1/s1. The maximum atomic E-state index is 11.5. The Hall–Kier alpha value is -0.810. The first-order chi connectivity index (χ1) is 7.37. The minimum absolute atomic E-state index is 0.0248. The highest BCUT2D eigenvalue weighted by atomic mass is 16.6. The monoisotopic (exact) mass is 229 g/mol. The Morgan fingerprint density at radius 2 is 2.06 bits per heavy atom. The van der Waals surface area contributed by atoms with E-state index in [-0.39, 0.29) is 24.4 Å². The van der Waals surface area contributed by atoms with Gasteiger partial charge in [0.2, 0.25) is 0 Å². The lowest BCUT2D eigenvalue weighted by Crippen LogP contribution is -2.45. The molecule has 1 saturated carbocycles. The number of fused-ring (bicyclic) bond motifs is 1. The zero-order valence-corrected chi connectivity index (χ0v) is 9.90. The number of carbonyl (C=O) groups excluding carboxylic acids is 1. The molecule has 0 aromatic heterocycles. The van der Waals surface area contributed by atoms with Gasteiger partial charge in [-0.05, 0) is 33.6 Å². The van der Waals surface area contributed by atoms with Gasteiger partial charge in [-0.2, -0.15) is 0 Å². The van der Waals surface area contributed by atoms with Crippen molar-refractivity contribution in [3.63, 3.8) is 0 Å². The number of amides is 1. The van der Waals surface area contributed by atoms with Gasteiger partial charge in [-0.25, -0.2) is 4.79 Å². The number of carbonyl (C=O) groups is 1. The second kappa shape index (κ2) is 3.89. The maximum Gasteiger partial charge on any atom is 0.407 e. The first kappa shape index (κ1) is 11.7. The quantitative estimate of drug-likeness (QED) is 0.652. The molecule has 92 valence electrons. The minimum Gasteiger partial charge on any atom is -0.444 e. The summed E-state index contributed by atoms with van der Waals surface area (Å²) in [5.74, 6) is 0. The Kier molecular flexibility index (Phi) is 2.84. The van der Waals surface area contributed by atoms with Crippen LogP contribution in [0.5, 0.6) is 0 Å². The fraction of sp³-hybridized carbons (Fsp3) is 0.909. The van der Waals surface area contributed by atoms with Gasteiger partial charge in [0.1, 0.15) is 17.8 Å². The zero-order chi connectivity index (χ0) is 11.9. The summed E-state index contributed by atoms with van der Waals surface area (Å²) in [7, 11) is 0. The molecule has 5 heteroatoms. The van der Waals surface area contributed by atoms with E-state index in [0.717, 1.165) is 6.42 Å². The summed E-state index contributed by atoms with van der Waals surface area (Å²) >= 11 is 0. The van der Waals surface area contributed by atoms with E-state index in [2.05, 4.69) is 5.32 Å². The van der Waals surface area contributed by atoms with Crippen LogP contribution in [0.4, 0.5) is 4.79 Å². The lowest BCUT2D eigenvalue weighted by molar-refractivity contribution is 0.0479. The van der Waals surface area contributed by atoms with E-state index in [0.29, 0.717) is 6.42 Å². The maximum absolute atomic E-state index is 11.5. The molecule has 16 heavy (non-hydrogen) atoms. The van der Waals surface area contributed by atoms with Gasteiger partial charge in [-0.3, -0.25) is 0 Å². The van der Waals surface area contributed by atoms with E-state index in [9.17, 15) is 9.90 Å². The number of rotatable bonds is 1. The van der Waals surface area contributed by atoms with Crippen LogP contribution in [-0.2, 0) is 9.47 Å². The predicted molar refractivity (Wildman–Crippen MR) is 57.1 cm³/mol. The largest absolute Gasteiger partial charge is 0.444 e. The Labute approximate surface area is 95.1 Å². The normalized spacial score (nSPS) is 37.5. The Morgan fingerprint density at radius 1 is 1.38 bits per heavy atom. The van der Waals surface area contributed by atoms with Crippen LogP contribution in [-0.4, -0.2) is 41.2 Å². The van der Waals surface area contributed by atoms with Crippen molar-refractivity contribution in [2.75, 3.05) is 0 Å². The molecule has 2 N–H and O–H groups in total. The summed E-state index contributed by atoms with van der Waals surface area (Å²) in [6, 6.07) is -0.0248. The van der Waals surface area contributed by atoms with Gasteiger partial charge in [0.15, 0.2) is 0 Å². The van der Waals surface area contributed by atoms with Crippen molar-refractivity contribution in [3.05, 3.63) is 0 Å². The van der Waals surface area contributed by atoms with Crippen molar-refractivity contribution in [1.82, 2.24) is 5.32 Å². The molecule has 2 fully saturated rings. The van der Waals surface area contributed by atoms with E-state index in [1.807, 2.05) is 20.8 Å². The summed E-state index contributed by atoms with van der Waals surface area (Å²) in [5.41, 5.74) is -0.484. The lowest BCUT2D eigenvalue weighted by Gasteiger charge is -2.25. The van der Waals surface area contributed by atoms with E-state index >= 15 is 0 Å². The minimum atomic E-state index is -0.484. The Morgan fingerprint density at radius 3 is 2.69 bits per heavy atom. The first-order valence-electron chi connectivity index (χ1n) is 5.70. The van der Waals surface area contributed by atoms with Gasteiger partial charge in [0.05, 0.1) is 12.1 Å². The number of alkyl carbamates (subject to hydrolysis) is 1. The average molecular weight is 229 g/mol. The molecule has 0 unspecified atom stereocenters. The van der Waals surface area contributed by atoms with Crippen molar-refractivity contribution in [3.8, 4) is 0 Å². The van der Waals surface area contributed by atoms with Gasteiger partial charge in [0.25, 0.3) is 0 Å². The van der Waals surface area contributed by atoms with Crippen molar-refractivity contribution >= 4 is 6.09 Å². The van der Waals surface area contributed by atoms with Gasteiger partial charge < -0.3 is 19.9 Å². The molecule has 4 atom stereocenters. The molecular formula is C11H19NO4. The van der Waals surface area contributed by atoms with E-state index in [1.54, 1.807) is 0 Å². The third-order valence-corrected chi connectivity index (χ3v) is 2.81. The average Bonchev–Trinajstić information content (AvgIpc) is 2.86. The molecule has 2 aliphatic rings. The molecule has 1 aliphatic heterocycles. The molecule has 0 aromatic rings. The fourth-order valence-electron chi connectivity index (χ4n) is 2.06. The van der Waals surface area contributed by atoms with Crippen molar-refractivity contribution in [2.45, 2.75) is 63.6 Å². The van der Waals surface area contributed by atoms with Crippen LogP contribution in [0, 0.1) is 0 Å². The molecule has 0 spiro atoms. The molecule has 2 rings (SSSR count). The number of ether oxygens (including phenoxy) is 2. The van der Waals surface area contributed by atoms with Crippen LogP contribution in [0.3, 0.4) is 0 Å². The molecule has 1 aliphatic carbocycles. The highest BCUT2D eigenvalue weighted by Crippen LogP contribution is 2.36. The zero-order valence-electron chi connectivity index (χ0n) is 9.90. The first-order valence-corrected chi connectivity index (χ1v) is 5.70. The number of hydrogen-bond donors (Lipinski definition) is 2. The highest BCUT2D eigenvalue weighted by Gasteiger charge is 2.53. The molecule has 1 saturated heterocycles. The molecule has 0 aromatic carbocycles. The van der Waals surface area contributed by atoms with Crippen LogP contribution < -0.4 is 5.32 Å². The number of epoxide rings is 1. The summed E-state index contributed by atoms with van der Waals surface area (Å²) in [6.07, 6.45) is 0.498. The topological polar surface area (TPSA) is 71.1 Å². The molecule has 0 bridgehead atoms. The second-order valence-electron chi connectivity index (χ2n) is 5.46. The fourth-order valence-corrected chi connectivity index (χ4v) is 2.06. The SMILES string of the molecule is CC(C)(C)OC(=O)N[C@@H]1CC[C@H](O)[C@H]2O[C@H]21. The number of aliphatic hydroxyl groups excluding tert-OH is 1. The highest BCUT2D eigenvalue weighted by molar-refractivity contribution is 5.68. The molecule has 1 amide bonds. The van der Waals surface area contributed by atoms with E-state index < -0.39 is 11.7 Å². The van der Waals surface area contributed by atoms with E-state index in [1.165, 1.54) is 0 Å². The van der Waals surface area contributed by atoms with Gasteiger partial charge in [-0.15, -0.1) is 0 Å². The number of hydrogen-bond acceptors (Lipinski definition) is 4. The third kappa shape index (κ3) is 2.65. The summed E-state index contributed by atoms with van der Waals surface area (Å²) in [4.78, 5) is 11.5. The van der Waals surface area contributed by atoms with Crippen LogP contribution in [0.25, 0.3) is 0 Å². The van der Waals surface area contributed by atoms with Crippen molar-refractivity contribution in [2.24, 2.45) is 0 Å². The van der Waals surface area contributed by atoms with Gasteiger partial charge in [-0.1, -0.05) is 0 Å². The van der Waals surface area contributed by atoms with Crippen LogP contribution >= 0.6 is 0 Å². The number of aliphatic hydroxyl groups is 1. The molecule has 0 radical (unpaired) electrons. The van der Waals surface area contributed by atoms with E-state index in [4.69, 9.17) is 9.47 Å². The lowest BCUT2D eigenvalue weighted by atomic mass is 9.93. The predicted octanol–water partition coefficient (Wildman–Crippen LogP) is 0.802. The van der Waals surface area contributed by atoms with Crippen molar-refractivity contribution in [1.29, 1.82) is 0 Å². The molecular weight excluding hydrogens is 210 g/mol. The molecule has 5 nitrogen and oxygen atoms in total. The van der Waals surface area contributed by atoms with Crippen LogP contribution in [0.1, 0.15) is 33.6 Å². The second-order valence-corrected chi connectivity index (χ2v) is 5.46. The van der Waals surface area contributed by atoms with Gasteiger partial charge >= 0.3 is 6.09 Å². The Balaban J connectivity index is 1.80. The van der Waals surface area contributed by atoms with Crippen LogP contribution in [0.2, 0.25) is 0 Å². The van der Waals surface area contributed by atoms with Crippen LogP contribution in [0.15, 0.2) is 0 Å². The molecule has 1 heterocycles. The summed E-state index contributed by atoms with van der Waals surface area (Å²) < 4.78 is 10.5. The third-order valence-electron chi connectivity index (χ3n) is 2.81. The van der Waals surface area contributed by atoms with Crippen molar-refractivity contribution < 1.29 is 19.4 Å². The summed E-state index contributed by atoms with van der Waals surface area (Å²) in [5, 5.41) is 12.3. The van der Waals surface area contributed by atoms with Gasteiger partial charge in [0, 0.05) is 0 Å². The summed E-state index contributed by atoms with van der Waals surface area (Å²) in [6.45, 7) is 5.48.